The normalized spacial score (nSPS) is 26.7. The van der Waals surface area contributed by atoms with Gasteiger partial charge in [-0.25, -0.2) is 4.98 Å². The largest absolute Gasteiger partial charge is 0.384 e. The molecule has 15 heavy (non-hydrogen) atoms. The lowest BCUT2D eigenvalue weighted by atomic mass is 10.2. The molecule has 2 rings (SSSR count). The van der Waals surface area contributed by atoms with Crippen molar-refractivity contribution in [1.29, 1.82) is 0 Å². The fourth-order valence-corrected chi connectivity index (χ4v) is 2.82. The Morgan fingerprint density at radius 2 is 2.33 bits per heavy atom. The summed E-state index contributed by atoms with van der Waals surface area (Å²) in [6.07, 6.45) is 1.72. The summed E-state index contributed by atoms with van der Waals surface area (Å²) >= 11 is 2.00. The van der Waals surface area contributed by atoms with Crippen molar-refractivity contribution >= 4 is 23.5 Å². The van der Waals surface area contributed by atoms with Crippen LogP contribution in [0.25, 0.3) is 0 Å². The van der Waals surface area contributed by atoms with Gasteiger partial charge in [-0.1, -0.05) is 6.92 Å². The van der Waals surface area contributed by atoms with Crippen molar-refractivity contribution in [3.8, 4) is 0 Å². The number of hydrogen-bond donors (Lipinski definition) is 1. The van der Waals surface area contributed by atoms with Crippen LogP contribution in [0.3, 0.4) is 0 Å². The highest BCUT2D eigenvalue weighted by Crippen LogP contribution is 2.26. The predicted octanol–water partition coefficient (Wildman–Crippen LogP) is 1.39. The van der Waals surface area contributed by atoms with Crippen LogP contribution in [0, 0.1) is 0 Å². The maximum Gasteiger partial charge on any atom is 0.227 e. The Kier molecular flexibility index (Phi) is 3.00. The highest BCUT2D eigenvalue weighted by Gasteiger charge is 2.26. The summed E-state index contributed by atoms with van der Waals surface area (Å²) in [4.78, 5) is 10.8. The minimum atomic E-state index is 0.463. The van der Waals surface area contributed by atoms with E-state index in [-0.39, 0.29) is 0 Å². The Labute approximate surface area is 94.3 Å². The highest BCUT2D eigenvalue weighted by atomic mass is 32.2. The van der Waals surface area contributed by atoms with Crippen molar-refractivity contribution in [2.24, 2.45) is 0 Å². The Bertz CT molecular complexity index is 344. The molecule has 0 radical (unpaired) electrons. The van der Waals surface area contributed by atoms with Gasteiger partial charge in [0.2, 0.25) is 5.95 Å². The molecule has 2 heterocycles. The van der Waals surface area contributed by atoms with Gasteiger partial charge in [0.05, 0.1) is 0 Å². The van der Waals surface area contributed by atoms with Gasteiger partial charge < -0.3 is 10.6 Å². The molecular formula is C10H16N4S. The van der Waals surface area contributed by atoms with Crippen LogP contribution in [0.4, 0.5) is 11.8 Å². The first-order valence-corrected chi connectivity index (χ1v) is 6.20. The number of aromatic nitrogens is 2. The summed E-state index contributed by atoms with van der Waals surface area (Å²) in [6.45, 7) is 5.46. The molecule has 4 nitrogen and oxygen atoms in total. The lowest BCUT2D eigenvalue weighted by Gasteiger charge is -2.37. The van der Waals surface area contributed by atoms with E-state index in [0.717, 1.165) is 18.2 Å². The van der Waals surface area contributed by atoms with E-state index in [9.17, 15) is 0 Å². The zero-order chi connectivity index (χ0) is 10.8. The molecule has 1 saturated heterocycles. The number of hydrogen-bond acceptors (Lipinski definition) is 5. The molecule has 0 saturated carbocycles. The highest BCUT2D eigenvalue weighted by molar-refractivity contribution is 8.00. The Hall–Kier alpha value is -0.970. The standard InChI is InChI=1S/C10H16N4S/c1-7-8(2)15-6-5-14(7)10-12-4-3-9(11)13-10/h3-4,7-8H,5-6H2,1-2H3,(H2,11,12,13). The average Bonchev–Trinajstić information content (AvgIpc) is 2.22. The molecule has 2 unspecified atom stereocenters. The van der Waals surface area contributed by atoms with E-state index in [0.29, 0.717) is 17.1 Å². The van der Waals surface area contributed by atoms with E-state index < -0.39 is 0 Å². The first-order valence-electron chi connectivity index (χ1n) is 5.15. The summed E-state index contributed by atoms with van der Waals surface area (Å²) in [6, 6.07) is 2.18. The zero-order valence-electron chi connectivity index (χ0n) is 9.05. The monoisotopic (exact) mass is 224 g/mol. The van der Waals surface area contributed by atoms with Crippen LogP contribution in [-0.2, 0) is 0 Å². The average molecular weight is 224 g/mol. The third kappa shape index (κ3) is 2.17. The van der Waals surface area contributed by atoms with Crippen molar-refractivity contribution < 1.29 is 0 Å². The summed E-state index contributed by atoms with van der Waals surface area (Å²) in [7, 11) is 0. The summed E-state index contributed by atoms with van der Waals surface area (Å²) in [5, 5.41) is 0.615. The number of rotatable bonds is 1. The van der Waals surface area contributed by atoms with Crippen LogP contribution in [0.1, 0.15) is 13.8 Å². The molecule has 1 aliphatic rings. The Morgan fingerprint density at radius 3 is 3.07 bits per heavy atom. The van der Waals surface area contributed by atoms with Gasteiger partial charge in [0.15, 0.2) is 0 Å². The van der Waals surface area contributed by atoms with E-state index in [2.05, 4.69) is 28.7 Å². The van der Waals surface area contributed by atoms with Crippen molar-refractivity contribution in [2.45, 2.75) is 25.1 Å². The van der Waals surface area contributed by atoms with Gasteiger partial charge >= 0.3 is 0 Å². The molecular weight excluding hydrogens is 208 g/mol. The maximum absolute atomic E-state index is 5.66. The summed E-state index contributed by atoms with van der Waals surface area (Å²) < 4.78 is 0. The van der Waals surface area contributed by atoms with E-state index in [1.54, 1.807) is 12.3 Å². The van der Waals surface area contributed by atoms with Gasteiger partial charge in [-0.2, -0.15) is 16.7 Å². The van der Waals surface area contributed by atoms with E-state index in [4.69, 9.17) is 5.73 Å². The van der Waals surface area contributed by atoms with E-state index in [1.165, 1.54) is 0 Å². The second-order valence-corrected chi connectivity index (χ2v) is 5.28. The lowest BCUT2D eigenvalue weighted by molar-refractivity contribution is 0.612. The SMILES string of the molecule is CC1SCCN(c2nccc(N)n2)C1C. The third-order valence-corrected chi connectivity index (χ3v) is 4.14. The Balaban J connectivity index is 2.22. The minimum absolute atomic E-state index is 0.463. The van der Waals surface area contributed by atoms with Gasteiger partial charge in [0.25, 0.3) is 0 Å². The summed E-state index contributed by atoms with van der Waals surface area (Å²) in [5.41, 5.74) is 5.66. The number of thioether (sulfide) groups is 1. The van der Waals surface area contributed by atoms with Gasteiger partial charge in [-0.05, 0) is 13.0 Å². The van der Waals surface area contributed by atoms with Crippen molar-refractivity contribution in [2.75, 3.05) is 22.9 Å². The third-order valence-electron chi connectivity index (χ3n) is 2.81. The topological polar surface area (TPSA) is 55.0 Å². The van der Waals surface area contributed by atoms with Crippen LogP contribution in [-0.4, -0.2) is 33.6 Å². The van der Waals surface area contributed by atoms with Gasteiger partial charge in [-0.15, -0.1) is 0 Å². The van der Waals surface area contributed by atoms with Crippen LogP contribution in [0.15, 0.2) is 12.3 Å². The van der Waals surface area contributed by atoms with Crippen molar-refractivity contribution in [1.82, 2.24) is 9.97 Å². The predicted molar refractivity (Wildman–Crippen MR) is 65.2 cm³/mol. The quantitative estimate of drug-likeness (QED) is 0.781. The lowest BCUT2D eigenvalue weighted by Crippen LogP contribution is -2.45. The molecule has 0 amide bonds. The molecule has 2 N–H and O–H groups in total. The number of nitrogens with two attached hydrogens (primary N) is 1. The van der Waals surface area contributed by atoms with Crippen molar-refractivity contribution in [3.63, 3.8) is 0 Å². The Morgan fingerprint density at radius 1 is 1.53 bits per heavy atom. The second-order valence-electron chi connectivity index (χ2n) is 3.79. The molecule has 1 aromatic heterocycles. The fraction of sp³-hybridized carbons (Fsp3) is 0.600. The second kappa shape index (κ2) is 4.26. The molecule has 82 valence electrons. The van der Waals surface area contributed by atoms with Gasteiger partial charge in [-0.3, -0.25) is 0 Å². The number of anilines is 2. The molecule has 0 aromatic carbocycles. The maximum atomic E-state index is 5.66. The smallest absolute Gasteiger partial charge is 0.227 e. The molecule has 1 aliphatic heterocycles. The molecule has 0 spiro atoms. The van der Waals surface area contributed by atoms with Crippen molar-refractivity contribution in [3.05, 3.63) is 12.3 Å². The number of nitrogen functional groups attached to an aromatic ring is 1. The fourth-order valence-electron chi connectivity index (χ4n) is 1.72. The molecule has 2 atom stereocenters. The number of nitrogens with zero attached hydrogens (tertiary/aromatic N) is 3. The van der Waals surface area contributed by atoms with Crippen LogP contribution < -0.4 is 10.6 Å². The minimum Gasteiger partial charge on any atom is -0.384 e. The van der Waals surface area contributed by atoms with Crippen LogP contribution >= 0.6 is 11.8 Å². The molecule has 1 aromatic rings. The van der Waals surface area contributed by atoms with Crippen LogP contribution in [0.2, 0.25) is 0 Å². The van der Waals surface area contributed by atoms with Gasteiger partial charge in [0, 0.05) is 29.8 Å². The molecule has 0 aliphatic carbocycles. The van der Waals surface area contributed by atoms with E-state index >= 15 is 0 Å². The molecule has 1 fully saturated rings. The summed E-state index contributed by atoms with van der Waals surface area (Å²) in [5.74, 6) is 2.43. The first kappa shape index (κ1) is 10.5. The molecule has 5 heteroatoms. The zero-order valence-corrected chi connectivity index (χ0v) is 9.87. The van der Waals surface area contributed by atoms with Gasteiger partial charge in [0.1, 0.15) is 5.82 Å². The molecule has 0 bridgehead atoms. The first-order chi connectivity index (χ1) is 7.18. The van der Waals surface area contributed by atoms with E-state index in [1.807, 2.05) is 11.8 Å². The van der Waals surface area contributed by atoms with Crippen LogP contribution in [0.5, 0.6) is 0 Å².